The minimum absolute atomic E-state index is 0. The van der Waals surface area contributed by atoms with Gasteiger partial charge < -0.3 is 20.5 Å². The molecule has 0 saturated carbocycles. The van der Waals surface area contributed by atoms with Crippen LogP contribution in [0.1, 0.15) is 11.1 Å². The minimum atomic E-state index is 0. The lowest BCUT2D eigenvalue weighted by Crippen LogP contribution is -2.33. The number of nitrogens with one attached hydrogen (secondary N) is 1. The average molecular weight is 467 g/mol. The first-order valence-electron chi connectivity index (χ1n) is 8.19. The first-order chi connectivity index (χ1) is 12.2. The van der Waals surface area contributed by atoms with Crippen LogP contribution >= 0.6 is 24.0 Å². The first-order valence-corrected chi connectivity index (χ1v) is 8.19. The van der Waals surface area contributed by atoms with E-state index < -0.39 is 0 Å². The number of benzene rings is 2. The van der Waals surface area contributed by atoms with Gasteiger partial charge in [0.1, 0.15) is 0 Å². The summed E-state index contributed by atoms with van der Waals surface area (Å²) in [7, 11) is 3.26. The van der Waals surface area contributed by atoms with Gasteiger partial charge in [-0.15, -0.1) is 24.0 Å². The van der Waals surface area contributed by atoms with Crippen LogP contribution in [0.2, 0.25) is 0 Å². The van der Waals surface area contributed by atoms with Gasteiger partial charge in [0.05, 0.1) is 20.8 Å². The number of halogens is 1. The van der Waals surface area contributed by atoms with Crippen LogP contribution in [0.3, 0.4) is 0 Å². The van der Waals surface area contributed by atoms with E-state index in [9.17, 15) is 0 Å². The highest BCUT2D eigenvalue weighted by atomic mass is 127. The molecule has 0 spiro atoms. The van der Waals surface area contributed by atoms with E-state index in [0.717, 1.165) is 29.0 Å². The van der Waals surface area contributed by atoms with Crippen LogP contribution in [0.25, 0.3) is 6.08 Å². The summed E-state index contributed by atoms with van der Waals surface area (Å²) in [5, 5.41) is 3.12. The molecule has 0 unspecified atom stereocenters. The molecule has 2 rings (SSSR count). The van der Waals surface area contributed by atoms with Crippen molar-refractivity contribution in [1.82, 2.24) is 5.32 Å². The summed E-state index contributed by atoms with van der Waals surface area (Å²) in [6.07, 6.45) is 4.83. The van der Waals surface area contributed by atoms with Crippen molar-refractivity contribution in [3.05, 3.63) is 65.7 Å². The number of hydrogen-bond acceptors (Lipinski definition) is 3. The Morgan fingerprint density at radius 2 is 1.81 bits per heavy atom. The largest absolute Gasteiger partial charge is 0.493 e. The second kappa shape index (κ2) is 12.2. The molecule has 0 aromatic heterocycles. The van der Waals surface area contributed by atoms with Crippen LogP contribution in [-0.4, -0.2) is 33.3 Å². The van der Waals surface area contributed by atoms with Crippen molar-refractivity contribution in [1.29, 1.82) is 0 Å². The van der Waals surface area contributed by atoms with Gasteiger partial charge in [0, 0.05) is 6.54 Å². The van der Waals surface area contributed by atoms with E-state index in [1.807, 2.05) is 60.7 Å². The third kappa shape index (κ3) is 7.35. The minimum Gasteiger partial charge on any atom is -0.493 e. The molecule has 0 atom stereocenters. The lowest BCUT2D eigenvalue weighted by atomic mass is 10.1. The second-order valence-corrected chi connectivity index (χ2v) is 5.41. The summed E-state index contributed by atoms with van der Waals surface area (Å²) in [6, 6.07) is 16.0. The first kappa shape index (κ1) is 21.8. The van der Waals surface area contributed by atoms with Gasteiger partial charge in [-0.1, -0.05) is 48.6 Å². The van der Waals surface area contributed by atoms with Gasteiger partial charge in [-0.3, -0.25) is 0 Å². The molecule has 0 aliphatic heterocycles. The molecule has 26 heavy (non-hydrogen) atoms. The molecular weight excluding hydrogens is 441 g/mol. The van der Waals surface area contributed by atoms with Crippen molar-refractivity contribution in [3.63, 3.8) is 0 Å². The third-order valence-electron chi connectivity index (χ3n) is 3.64. The summed E-state index contributed by atoms with van der Waals surface area (Å²) >= 11 is 0. The van der Waals surface area contributed by atoms with Crippen molar-refractivity contribution in [2.45, 2.75) is 6.42 Å². The molecule has 0 bridgehead atoms. The second-order valence-electron chi connectivity index (χ2n) is 5.41. The smallest absolute Gasteiger partial charge is 0.188 e. The predicted octanol–water partition coefficient (Wildman–Crippen LogP) is 3.48. The van der Waals surface area contributed by atoms with Crippen LogP contribution in [-0.2, 0) is 6.42 Å². The molecule has 0 heterocycles. The number of nitrogens with zero attached hydrogens (tertiary/aromatic N) is 1. The van der Waals surface area contributed by atoms with Crippen LogP contribution in [0.4, 0.5) is 0 Å². The highest BCUT2D eigenvalue weighted by Gasteiger charge is 2.04. The summed E-state index contributed by atoms with van der Waals surface area (Å²) in [4.78, 5) is 4.28. The number of guanidine groups is 1. The maximum atomic E-state index is 5.88. The van der Waals surface area contributed by atoms with E-state index in [-0.39, 0.29) is 24.0 Å². The highest BCUT2D eigenvalue weighted by Crippen LogP contribution is 2.27. The Morgan fingerprint density at radius 1 is 1.08 bits per heavy atom. The quantitative estimate of drug-likeness (QED) is 0.355. The predicted molar refractivity (Wildman–Crippen MR) is 119 cm³/mol. The van der Waals surface area contributed by atoms with Crippen molar-refractivity contribution in [2.75, 3.05) is 27.3 Å². The Bertz CT molecular complexity index is 718. The summed E-state index contributed by atoms with van der Waals surface area (Å²) in [6.45, 7) is 1.25. The summed E-state index contributed by atoms with van der Waals surface area (Å²) in [5.74, 6) is 1.90. The van der Waals surface area contributed by atoms with Crippen molar-refractivity contribution in [3.8, 4) is 11.5 Å². The van der Waals surface area contributed by atoms with Crippen molar-refractivity contribution >= 4 is 36.0 Å². The lowest BCUT2D eigenvalue weighted by molar-refractivity contribution is 0.354. The van der Waals surface area contributed by atoms with Gasteiger partial charge in [0.15, 0.2) is 17.5 Å². The van der Waals surface area contributed by atoms with Crippen molar-refractivity contribution < 1.29 is 9.47 Å². The van der Waals surface area contributed by atoms with Gasteiger partial charge >= 0.3 is 0 Å². The zero-order valence-electron chi connectivity index (χ0n) is 15.1. The monoisotopic (exact) mass is 467 g/mol. The van der Waals surface area contributed by atoms with E-state index >= 15 is 0 Å². The topological polar surface area (TPSA) is 68.9 Å². The fourth-order valence-electron chi connectivity index (χ4n) is 2.33. The lowest BCUT2D eigenvalue weighted by Gasteiger charge is -2.10. The maximum Gasteiger partial charge on any atom is 0.188 e. The van der Waals surface area contributed by atoms with E-state index in [1.165, 1.54) is 0 Å². The maximum absolute atomic E-state index is 5.88. The molecule has 2 aromatic carbocycles. The summed E-state index contributed by atoms with van der Waals surface area (Å²) in [5.41, 5.74) is 8.17. The molecule has 2 aromatic rings. The Balaban J connectivity index is 0.00000338. The molecule has 3 N–H and O–H groups in total. The highest BCUT2D eigenvalue weighted by molar-refractivity contribution is 14.0. The van der Waals surface area contributed by atoms with Crippen LogP contribution in [0.15, 0.2) is 59.6 Å². The van der Waals surface area contributed by atoms with E-state index in [0.29, 0.717) is 19.0 Å². The van der Waals surface area contributed by atoms with Crippen molar-refractivity contribution in [2.24, 2.45) is 10.7 Å². The number of methoxy groups -OCH3 is 2. The fraction of sp³-hybridized carbons (Fsp3) is 0.250. The SMILES string of the molecule is COc1ccc(CCNC(N)=NCC=Cc2ccccc2)cc1OC.I. The number of ether oxygens (including phenoxy) is 2. The van der Waals surface area contributed by atoms with E-state index in [1.54, 1.807) is 14.2 Å². The van der Waals surface area contributed by atoms with E-state index in [2.05, 4.69) is 10.3 Å². The molecule has 0 saturated heterocycles. The molecule has 0 aliphatic rings. The zero-order chi connectivity index (χ0) is 17.9. The zero-order valence-corrected chi connectivity index (χ0v) is 17.5. The molecular formula is C20H26IN3O2. The fourth-order valence-corrected chi connectivity index (χ4v) is 2.33. The average Bonchev–Trinajstić information content (AvgIpc) is 2.66. The Kier molecular flexibility index (Phi) is 10.2. The standard InChI is InChI=1S/C20H25N3O2.HI/c1-24-18-11-10-17(15-19(18)25-2)12-14-23-20(21)22-13-6-9-16-7-4-3-5-8-16;/h3-11,15H,12-14H2,1-2H3,(H3,21,22,23);1H. The van der Waals surface area contributed by atoms with Gasteiger partial charge in [0.2, 0.25) is 0 Å². The Hall–Kier alpha value is -2.22. The summed E-state index contributed by atoms with van der Waals surface area (Å²) < 4.78 is 10.5. The number of hydrogen-bond donors (Lipinski definition) is 2. The normalized spacial score (nSPS) is 11.1. The van der Waals surface area contributed by atoms with Gasteiger partial charge in [-0.2, -0.15) is 0 Å². The van der Waals surface area contributed by atoms with E-state index in [4.69, 9.17) is 15.2 Å². The van der Waals surface area contributed by atoms with Gasteiger partial charge in [-0.25, -0.2) is 4.99 Å². The molecule has 0 amide bonds. The molecule has 0 radical (unpaired) electrons. The number of nitrogens with two attached hydrogens (primary N) is 1. The van der Waals surface area contributed by atoms with Gasteiger partial charge in [-0.05, 0) is 29.7 Å². The van der Waals surface area contributed by atoms with Crippen LogP contribution in [0, 0.1) is 0 Å². The van der Waals surface area contributed by atoms with Crippen LogP contribution < -0.4 is 20.5 Å². The third-order valence-corrected chi connectivity index (χ3v) is 3.64. The number of rotatable bonds is 8. The molecule has 0 fully saturated rings. The Morgan fingerprint density at radius 3 is 2.50 bits per heavy atom. The number of aliphatic imine (C=N–C) groups is 1. The molecule has 0 aliphatic carbocycles. The molecule has 5 nitrogen and oxygen atoms in total. The van der Waals surface area contributed by atoms with Crippen LogP contribution in [0.5, 0.6) is 11.5 Å². The molecule has 140 valence electrons. The van der Waals surface area contributed by atoms with Gasteiger partial charge in [0.25, 0.3) is 0 Å². The molecule has 6 heteroatoms. The Labute approximate surface area is 172 Å².